The second-order valence-electron chi connectivity index (χ2n) is 5.68. The molecule has 3 rings (SSSR count). The molecule has 1 saturated heterocycles. The monoisotopic (exact) mass is 334 g/mol. The summed E-state index contributed by atoms with van der Waals surface area (Å²) in [6, 6.07) is 10.4. The molecular weight excluding hydrogens is 321 g/mol. The van der Waals surface area contributed by atoms with Crippen molar-refractivity contribution in [3.8, 4) is 6.07 Å². The molecule has 0 aliphatic carbocycles. The number of halogens is 3. The highest BCUT2D eigenvalue weighted by molar-refractivity contribution is 5.99. The number of hydrogen-bond donors (Lipinski definition) is 1. The zero-order valence-corrected chi connectivity index (χ0v) is 12.4. The number of aliphatic hydroxyl groups excluding tert-OH is 1. The first kappa shape index (κ1) is 16.3. The number of amides is 1. The number of anilines is 1. The zero-order chi connectivity index (χ0) is 17.5. The summed E-state index contributed by atoms with van der Waals surface area (Å²) < 4.78 is 38.5. The molecule has 0 bridgehead atoms. The van der Waals surface area contributed by atoms with E-state index in [1.807, 2.05) is 6.07 Å². The van der Waals surface area contributed by atoms with E-state index in [4.69, 9.17) is 5.26 Å². The molecule has 24 heavy (non-hydrogen) atoms. The fourth-order valence-electron chi connectivity index (χ4n) is 3.08. The van der Waals surface area contributed by atoms with Crippen LogP contribution in [0.25, 0.3) is 10.8 Å². The molecule has 7 heteroatoms. The third kappa shape index (κ3) is 2.69. The summed E-state index contributed by atoms with van der Waals surface area (Å²) in [6.07, 6.45) is -7.49. The van der Waals surface area contributed by atoms with Gasteiger partial charge in [-0.1, -0.05) is 18.2 Å². The molecule has 0 aromatic heterocycles. The highest BCUT2D eigenvalue weighted by atomic mass is 19.4. The Bertz CT molecular complexity index is 842. The molecule has 1 aliphatic rings. The zero-order valence-electron chi connectivity index (χ0n) is 12.4. The SMILES string of the molecule is N#Cc1cccc2cc(N3C(=O)CCC3[C@H](O)C(F)(F)F)ccc12. The van der Waals surface area contributed by atoms with Gasteiger partial charge in [-0.25, -0.2) is 0 Å². The molecule has 0 saturated carbocycles. The predicted octanol–water partition coefficient (Wildman–Crippen LogP) is 3.13. The van der Waals surface area contributed by atoms with Gasteiger partial charge in [-0.15, -0.1) is 0 Å². The minimum atomic E-state index is -4.79. The number of fused-ring (bicyclic) bond motifs is 1. The molecule has 1 unspecified atom stereocenters. The molecule has 2 aromatic rings. The number of carbonyl (C=O) groups excluding carboxylic acids is 1. The van der Waals surface area contributed by atoms with Crippen LogP contribution < -0.4 is 4.90 Å². The summed E-state index contributed by atoms with van der Waals surface area (Å²) in [5.41, 5.74) is 0.729. The fraction of sp³-hybridized carbons (Fsp3) is 0.294. The van der Waals surface area contributed by atoms with Crippen LogP contribution >= 0.6 is 0 Å². The maximum atomic E-state index is 12.8. The minimum absolute atomic E-state index is 0.0475. The molecular formula is C17H13F3N2O2. The van der Waals surface area contributed by atoms with Crippen LogP contribution in [0.2, 0.25) is 0 Å². The highest BCUT2D eigenvalue weighted by Crippen LogP contribution is 2.35. The van der Waals surface area contributed by atoms with E-state index in [0.29, 0.717) is 16.3 Å². The lowest BCUT2D eigenvalue weighted by atomic mass is 10.0. The molecule has 1 heterocycles. The fourth-order valence-corrected chi connectivity index (χ4v) is 3.08. The third-order valence-corrected chi connectivity index (χ3v) is 4.22. The number of alkyl halides is 3. The molecule has 1 N–H and O–H groups in total. The van der Waals surface area contributed by atoms with Crippen LogP contribution in [0.15, 0.2) is 36.4 Å². The van der Waals surface area contributed by atoms with Gasteiger partial charge in [-0.3, -0.25) is 4.79 Å². The Morgan fingerprint density at radius 1 is 1.29 bits per heavy atom. The van der Waals surface area contributed by atoms with Crippen LogP contribution in [-0.2, 0) is 4.79 Å². The van der Waals surface area contributed by atoms with Crippen molar-refractivity contribution in [1.82, 2.24) is 0 Å². The largest absolute Gasteiger partial charge is 0.416 e. The van der Waals surface area contributed by atoms with Crippen molar-refractivity contribution in [3.63, 3.8) is 0 Å². The first-order valence-corrected chi connectivity index (χ1v) is 7.32. The highest BCUT2D eigenvalue weighted by Gasteiger charge is 2.49. The summed E-state index contributed by atoms with van der Waals surface area (Å²) in [5, 5.41) is 20.0. The second kappa shape index (κ2) is 5.80. The summed E-state index contributed by atoms with van der Waals surface area (Å²) >= 11 is 0. The van der Waals surface area contributed by atoms with Crippen molar-refractivity contribution in [2.75, 3.05) is 4.90 Å². The van der Waals surface area contributed by atoms with Crippen LogP contribution in [0.5, 0.6) is 0 Å². The Hall–Kier alpha value is -2.59. The first-order valence-electron chi connectivity index (χ1n) is 7.32. The first-order chi connectivity index (χ1) is 11.3. The van der Waals surface area contributed by atoms with Gasteiger partial charge in [-0.05, 0) is 35.4 Å². The number of carbonyl (C=O) groups is 1. The maximum absolute atomic E-state index is 12.8. The summed E-state index contributed by atoms with van der Waals surface area (Å²) in [4.78, 5) is 13.1. The lowest BCUT2D eigenvalue weighted by Gasteiger charge is -2.30. The van der Waals surface area contributed by atoms with E-state index < -0.39 is 24.2 Å². The topological polar surface area (TPSA) is 64.3 Å². The summed E-state index contributed by atoms with van der Waals surface area (Å²) in [7, 11) is 0. The molecule has 0 spiro atoms. The van der Waals surface area contributed by atoms with Crippen molar-refractivity contribution in [1.29, 1.82) is 5.26 Å². The van der Waals surface area contributed by atoms with Gasteiger partial charge < -0.3 is 10.0 Å². The van der Waals surface area contributed by atoms with Gasteiger partial charge in [-0.2, -0.15) is 18.4 Å². The number of benzene rings is 2. The molecule has 1 fully saturated rings. The molecule has 1 aliphatic heterocycles. The average molecular weight is 334 g/mol. The van der Waals surface area contributed by atoms with E-state index >= 15 is 0 Å². The predicted molar refractivity (Wildman–Crippen MR) is 81.2 cm³/mol. The Labute approximate surface area is 135 Å². The van der Waals surface area contributed by atoms with Gasteiger partial charge in [0, 0.05) is 12.1 Å². The molecule has 0 radical (unpaired) electrons. The van der Waals surface area contributed by atoms with Crippen molar-refractivity contribution in [2.45, 2.75) is 31.2 Å². The van der Waals surface area contributed by atoms with Gasteiger partial charge >= 0.3 is 6.18 Å². The van der Waals surface area contributed by atoms with Gasteiger partial charge in [0.2, 0.25) is 5.91 Å². The lowest BCUT2D eigenvalue weighted by Crippen LogP contribution is -2.48. The second-order valence-corrected chi connectivity index (χ2v) is 5.68. The number of nitriles is 1. The van der Waals surface area contributed by atoms with E-state index in [2.05, 4.69) is 0 Å². The summed E-state index contributed by atoms with van der Waals surface area (Å²) in [5.74, 6) is -0.459. The minimum Gasteiger partial charge on any atom is -0.382 e. The van der Waals surface area contributed by atoms with E-state index in [1.54, 1.807) is 30.3 Å². The van der Waals surface area contributed by atoms with Crippen molar-refractivity contribution in [3.05, 3.63) is 42.0 Å². The quantitative estimate of drug-likeness (QED) is 0.918. The van der Waals surface area contributed by atoms with E-state index in [-0.39, 0.29) is 18.5 Å². The van der Waals surface area contributed by atoms with Gasteiger partial charge in [0.15, 0.2) is 6.10 Å². The Morgan fingerprint density at radius 2 is 2.04 bits per heavy atom. The molecule has 4 nitrogen and oxygen atoms in total. The Morgan fingerprint density at radius 3 is 2.71 bits per heavy atom. The smallest absolute Gasteiger partial charge is 0.382 e. The van der Waals surface area contributed by atoms with E-state index in [1.165, 1.54) is 6.07 Å². The van der Waals surface area contributed by atoms with Crippen LogP contribution in [-0.4, -0.2) is 29.3 Å². The number of hydrogen-bond acceptors (Lipinski definition) is 3. The van der Waals surface area contributed by atoms with Crippen molar-refractivity contribution >= 4 is 22.4 Å². The Kier molecular flexibility index (Phi) is 3.93. The normalized spacial score (nSPS) is 19.5. The van der Waals surface area contributed by atoms with Gasteiger partial charge in [0.25, 0.3) is 0 Å². The lowest BCUT2D eigenvalue weighted by molar-refractivity contribution is -0.209. The standard InChI is InChI=1S/C17H13F3N2O2/c18-17(19,20)16(24)14-6-7-15(23)22(14)12-4-5-13-10(8-12)2-1-3-11(13)9-21/h1-5,8,14,16,24H,6-7H2/t14?,16-/m0/s1. The van der Waals surface area contributed by atoms with Crippen LogP contribution in [0.1, 0.15) is 18.4 Å². The van der Waals surface area contributed by atoms with Crippen molar-refractivity contribution in [2.24, 2.45) is 0 Å². The number of aliphatic hydroxyl groups is 1. The van der Waals surface area contributed by atoms with Gasteiger partial charge in [0.1, 0.15) is 0 Å². The molecule has 1 amide bonds. The number of nitrogens with zero attached hydrogens (tertiary/aromatic N) is 2. The van der Waals surface area contributed by atoms with Crippen LogP contribution in [0, 0.1) is 11.3 Å². The Balaban J connectivity index is 2.04. The number of rotatable bonds is 2. The van der Waals surface area contributed by atoms with Crippen LogP contribution in [0.4, 0.5) is 18.9 Å². The summed E-state index contributed by atoms with van der Waals surface area (Å²) in [6.45, 7) is 0. The van der Waals surface area contributed by atoms with E-state index in [0.717, 1.165) is 4.90 Å². The van der Waals surface area contributed by atoms with Gasteiger partial charge in [0.05, 0.1) is 17.7 Å². The maximum Gasteiger partial charge on any atom is 0.416 e. The van der Waals surface area contributed by atoms with E-state index in [9.17, 15) is 23.1 Å². The molecule has 2 aromatic carbocycles. The van der Waals surface area contributed by atoms with Crippen LogP contribution in [0.3, 0.4) is 0 Å². The average Bonchev–Trinajstić information content (AvgIpc) is 2.93. The molecule has 124 valence electrons. The third-order valence-electron chi connectivity index (χ3n) is 4.22. The molecule has 2 atom stereocenters. The van der Waals surface area contributed by atoms with Crippen molar-refractivity contribution < 1.29 is 23.1 Å².